The molecule has 0 aliphatic heterocycles. The van der Waals surface area contributed by atoms with Crippen molar-refractivity contribution in [3.8, 4) is 44.5 Å². The van der Waals surface area contributed by atoms with Crippen LogP contribution in [0.2, 0.25) is 0 Å². The van der Waals surface area contributed by atoms with E-state index in [9.17, 15) is 2.74 Å². The first kappa shape index (κ1) is 17.4. The van der Waals surface area contributed by atoms with Gasteiger partial charge in [-0.1, -0.05) is 158 Å². The summed E-state index contributed by atoms with van der Waals surface area (Å²) >= 11 is 0. The van der Waals surface area contributed by atoms with Crippen molar-refractivity contribution >= 4 is 32.3 Å². The molecule has 0 aliphatic carbocycles. The summed E-state index contributed by atoms with van der Waals surface area (Å²) < 4.78 is 71.3. The average Bonchev–Trinajstić information content (AvgIpc) is 3.16. The summed E-state index contributed by atoms with van der Waals surface area (Å²) in [5.41, 5.74) is 6.08. The van der Waals surface area contributed by atoms with Crippen molar-refractivity contribution in [2.24, 2.45) is 0 Å². The van der Waals surface area contributed by atoms with Crippen molar-refractivity contribution < 1.29 is 11.0 Å². The Morgan fingerprint density at radius 2 is 0.762 bits per heavy atom. The van der Waals surface area contributed by atoms with Crippen LogP contribution in [0.15, 0.2) is 170 Å². The van der Waals surface area contributed by atoms with E-state index >= 15 is 0 Å². The van der Waals surface area contributed by atoms with Crippen LogP contribution >= 0.6 is 0 Å². The zero-order chi connectivity index (χ0) is 34.8. The Morgan fingerprint density at radius 3 is 1.33 bits per heavy atom. The van der Waals surface area contributed by atoms with Crippen LogP contribution in [0.25, 0.3) is 76.8 Å². The molecule has 0 bridgehead atoms. The van der Waals surface area contributed by atoms with Crippen LogP contribution < -0.4 is 0 Å². The van der Waals surface area contributed by atoms with Crippen molar-refractivity contribution in [2.75, 3.05) is 0 Å². The van der Waals surface area contributed by atoms with Gasteiger partial charge in [-0.2, -0.15) is 0 Å². The van der Waals surface area contributed by atoms with Gasteiger partial charge in [0.2, 0.25) is 0 Å². The Labute approximate surface area is 257 Å². The summed E-state index contributed by atoms with van der Waals surface area (Å²) in [7, 11) is 0. The van der Waals surface area contributed by atoms with Crippen molar-refractivity contribution in [2.45, 2.75) is 0 Å². The molecule has 196 valence electrons. The molecule has 0 amide bonds. The Morgan fingerprint density at radius 1 is 0.333 bits per heavy atom. The maximum Gasteiger partial charge on any atom is 0.0629 e. The van der Waals surface area contributed by atoms with Gasteiger partial charge in [0.05, 0.1) is 11.0 Å². The van der Waals surface area contributed by atoms with Gasteiger partial charge in [0.1, 0.15) is 0 Å². The molecule has 0 aromatic heterocycles. The molecule has 8 rings (SSSR count). The normalized spacial score (nSPS) is 14.0. The molecule has 0 heterocycles. The largest absolute Gasteiger partial charge is 0.0629 e. The third-order valence-electron chi connectivity index (χ3n) is 7.89. The van der Waals surface area contributed by atoms with E-state index in [1.54, 1.807) is 24.3 Å². The topological polar surface area (TPSA) is 0 Å². The van der Waals surface area contributed by atoms with Crippen molar-refractivity contribution in [1.29, 1.82) is 0 Å². The molecule has 42 heavy (non-hydrogen) atoms. The summed E-state index contributed by atoms with van der Waals surface area (Å²) in [6.45, 7) is 0. The summed E-state index contributed by atoms with van der Waals surface area (Å²) in [5.74, 6) is 0. The van der Waals surface area contributed by atoms with E-state index in [1.807, 2.05) is 60.7 Å². The lowest BCUT2D eigenvalue weighted by molar-refractivity contribution is 1.59. The zero-order valence-corrected chi connectivity index (χ0v) is 22.5. The van der Waals surface area contributed by atoms with Crippen LogP contribution in [0.5, 0.6) is 0 Å². The molecular formula is C42H28. The molecule has 0 saturated heterocycles. The Kier molecular flexibility index (Phi) is 4.21. The second-order valence-corrected chi connectivity index (χ2v) is 10.3. The standard InChI is InChI=1S/C42H28/c1-3-13-30(14-4-1)35-17-7-8-18-36(35)32-25-23-29-24-26-33(28-34(29)27-32)42-39-21-11-9-19-37(39)41(31-15-5-2-6-16-31)38-20-10-12-22-40(38)42/h1-28H/i9D,10D,11D,12D,19D,20D,21D,22D. The number of hydrogen-bond acceptors (Lipinski definition) is 0. The third-order valence-corrected chi connectivity index (χ3v) is 7.89. The van der Waals surface area contributed by atoms with Crippen molar-refractivity contribution in [3.05, 3.63) is 170 Å². The Hall–Kier alpha value is -5.46. The van der Waals surface area contributed by atoms with Crippen LogP contribution in [-0.4, -0.2) is 0 Å². The van der Waals surface area contributed by atoms with Gasteiger partial charge in [0.15, 0.2) is 0 Å². The van der Waals surface area contributed by atoms with Crippen LogP contribution in [0.4, 0.5) is 0 Å². The zero-order valence-electron chi connectivity index (χ0n) is 30.5. The molecule has 8 aromatic carbocycles. The fourth-order valence-corrected chi connectivity index (χ4v) is 5.98. The lowest BCUT2D eigenvalue weighted by Crippen LogP contribution is -1.91. The molecule has 0 unspecified atom stereocenters. The van der Waals surface area contributed by atoms with Crippen LogP contribution in [0.1, 0.15) is 11.0 Å². The number of benzene rings is 8. The number of rotatable bonds is 4. The molecule has 0 atom stereocenters. The van der Waals surface area contributed by atoms with E-state index in [4.69, 9.17) is 8.22 Å². The highest BCUT2D eigenvalue weighted by Gasteiger charge is 2.16. The van der Waals surface area contributed by atoms with E-state index < -0.39 is 24.2 Å². The highest BCUT2D eigenvalue weighted by molar-refractivity contribution is 6.21. The fourth-order valence-electron chi connectivity index (χ4n) is 5.98. The average molecular weight is 541 g/mol. The predicted octanol–water partition coefficient (Wildman–Crippen LogP) is 11.8. The first-order valence-corrected chi connectivity index (χ1v) is 13.9. The molecule has 0 radical (unpaired) electrons. The first-order chi connectivity index (χ1) is 24.2. The SMILES string of the molecule is [2H]c1c([2H])c([2H])c2c(-c3ccc4ccc(-c5ccccc5-c5ccccc5)cc4c3)c3c([2H])c([2H])c([2H])c([2H])c3c(-c3ccccc3)c2c1[2H]. The van der Waals surface area contributed by atoms with E-state index in [0.29, 0.717) is 22.3 Å². The quantitative estimate of drug-likeness (QED) is 0.195. The number of fused-ring (bicyclic) bond motifs is 3. The third kappa shape index (κ3) is 4.08. The summed E-state index contributed by atoms with van der Waals surface area (Å²) in [5, 5.41) is 2.65. The van der Waals surface area contributed by atoms with Gasteiger partial charge in [0.25, 0.3) is 0 Å². The molecule has 0 N–H and O–H groups in total. The minimum atomic E-state index is -0.413. The van der Waals surface area contributed by atoms with E-state index in [2.05, 4.69) is 36.4 Å². The lowest BCUT2D eigenvalue weighted by atomic mass is 9.85. The van der Waals surface area contributed by atoms with Gasteiger partial charge in [-0.15, -0.1) is 0 Å². The van der Waals surface area contributed by atoms with Crippen LogP contribution in [0, 0.1) is 0 Å². The van der Waals surface area contributed by atoms with Gasteiger partial charge in [-0.05, 0) is 89.0 Å². The smallest absolute Gasteiger partial charge is 0.0622 e. The lowest BCUT2D eigenvalue weighted by Gasteiger charge is -2.18. The summed E-state index contributed by atoms with van der Waals surface area (Å²) in [6.07, 6.45) is 0. The number of hydrogen-bond donors (Lipinski definition) is 0. The fraction of sp³-hybridized carbons (Fsp3) is 0. The minimum Gasteiger partial charge on any atom is -0.0622 e. The van der Waals surface area contributed by atoms with Gasteiger partial charge in [0, 0.05) is 0 Å². The highest BCUT2D eigenvalue weighted by Crippen LogP contribution is 2.44. The molecule has 0 fully saturated rings. The molecule has 0 nitrogen and oxygen atoms in total. The molecule has 0 saturated carbocycles. The predicted molar refractivity (Wildman–Crippen MR) is 181 cm³/mol. The second kappa shape index (κ2) is 10.2. The monoisotopic (exact) mass is 540 g/mol. The minimum absolute atomic E-state index is 0.206. The van der Waals surface area contributed by atoms with Crippen molar-refractivity contribution in [1.82, 2.24) is 0 Å². The first-order valence-electron chi connectivity index (χ1n) is 17.9. The molecule has 0 spiro atoms. The van der Waals surface area contributed by atoms with E-state index in [1.165, 1.54) is 0 Å². The summed E-state index contributed by atoms with van der Waals surface area (Å²) in [4.78, 5) is 0. The van der Waals surface area contributed by atoms with E-state index in [-0.39, 0.29) is 45.7 Å². The summed E-state index contributed by atoms with van der Waals surface area (Å²) in [6, 6.07) is 36.6. The van der Waals surface area contributed by atoms with Crippen LogP contribution in [-0.2, 0) is 0 Å². The van der Waals surface area contributed by atoms with Crippen LogP contribution in [0.3, 0.4) is 0 Å². The van der Waals surface area contributed by atoms with Crippen molar-refractivity contribution in [3.63, 3.8) is 0 Å². The molecule has 8 aromatic rings. The van der Waals surface area contributed by atoms with Gasteiger partial charge >= 0.3 is 0 Å². The Balaban J connectivity index is 1.51. The second-order valence-electron chi connectivity index (χ2n) is 10.3. The molecule has 0 aliphatic rings. The maximum atomic E-state index is 9.20. The maximum absolute atomic E-state index is 9.20. The van der Waals surface area contributed by atoms with Gasteiger partial charge in [-0.3, -0.25) is 0 Å². The molecule has 0 heteroatoms. The Bertz CT molecular complexity index is 2590. The van der Waals surface area contributed by atoms with Gasteiger partial charge in [-0.25, -0.2) is 0 Å². The van der Waals surface area contributed by atoms with E-state index in [0.717, 1.165) is 33.0 Å². The molecular weight excluding hydrogens is 504 g/mol. The van der Waals surface area contributed by atoms with Gasteiger partial charge < -0.3 is 0 Å². The highest BCUT2D eigenvalue weighted by atomic mass is 14.2.